The number of benzene rings is 3. The lowest BCUT2D eigenvalue weighted by molar-refractivity contribution is 0.0940. The van der Waals surface area contributed by atoms with E-state index in [1.807, 2.05) is 37.3 Å². The van der Waals surface area contributed by atoms with Gasteiger partial charge in [0, 0.05) is 12.7 Å². The number of halogens is 1. The molecule has 1 unspecified atom stereocenters. The van der Waals surface area contributed by atoms with Crippen LogP contribution < -0.4 is 15.4 Å². The normalized spacial score (nSPS) is 11.5. The fourth-order valence-electron chi connectivity index (χ4n) is 3.08. The van der Waals surface area contributed by atoms with Gasteiger partial charge in [-0.2, -0.15) is 0 Å². The molecule has 0 aliphatic heterocycles. The fourth-order valence-corrected chi connectivity index (χ4v) is 3.57. The molecule has 3 aromatic rings. The van der Waals surface area contributed by atoms with Crippen molar-refractivity contribution in [1.82, 2.24) is 5.32 Å². The van der Waals surface area contributed by atoms with Gasteiger partial charge in [0.05, 0.1) is 28.4 Å². The third kappa shape index (κ3) is 6.18. The third-order valence-electron chi connectivity index (χ3n) is 4.81. The van der Waals surface area contributed by atoms with E-state index in [9.17, 15) is 9.59 Å². The lowest BCUT2D eigenvalue weighted by Crippen LogP contribution is -2.28. The first kappa shape index (κ1) is 23.5. The number of ether oxygens (including phenoxy) is 2. The zero-order valence-electron chi connectivity index (χ0n) is 17.9. The number of anilines is 1. The number of para-hydroxylation sites is 1. The Morgan fingerprint density at radius 2 is 1.66 bits per heavy atom. The SMILES string of the molecule is COCCOc1ccc(C(=O)Nc2ccccc2C(=O)NC(C)c2ccccc2)cc1Br. The highest BCUT2D eigenvalue weighted by atomic mass is 79.9. The average molecular weight is 497 g/mol. The standard InChI is InChI=1S/C25H25BrN2O4/c1-17(18-8-4-3-5-9-18)27-25(30)20-10-6-7-11-22(20)28-24(29)19-12-13-23(21(26)16-19)32-15-14-31-2/h3-13,16-17H,14-15H2,1-2H3,(H,27,30)(H,28,29). The van der Waals surface area contributed by atoms with Crippen LogP contribution in [-0.4, -0.2) is 32.1 Å². The van der Waals surface area contributed by atoms with Crippen LogP contribution >= 0.6 is 15.9 Å². The Bertz CT molecular complexity index is 1070. The number of carbonyl (C=O) groups excluding carboxylic acids is 2. The highest BCUT2D eigenvalue weighted by molar-refractivity contribution is 9.10. The van der Waals surface area contributed by atoms with Crippen molar-refractivity contribution in [3.63, 3.8) is 0 Å². The first-order valence-corrected chi connectivity index (χ1v) is 11.0. The van der Waals surface area contributed by atoms with Crippen molar-refractivity contribution >= 4 is 33.4 Å². The fraction of sp³-hybridized carbons (Fsp3) is 0.200. The van der Waals surface area contributed by atoms with Gasteiger partial charge in [-0.3, -0.25) is 9.59 Å². The molecule has 0 heterocycles. The smallest absolute Gasteiger partial charge is 0.255 e. The minimum atomic E-state index is -0.328. The summed E-state index contributed by atoms with van der Waals surface area (Å²) in [6.07, 6.45) is 0. The molecule has 2 amide bonds. The summed E-state index contributed by atoms with van der Waals surface area (Å²) in [4.78, 5) is 25.7. The molecule has 32 heavy (non-hydrogen) atoms. The maximum Gasteiger partial charge on any atom is 0.255 e. The average Bonchev–Trinajstić information content (AvgIpc) is 2.81. The Hall–Kier alpha value is -3.16. The zero-order valence-corrected chi connectivity index (χ0v) is 19.5. The van der Waals surface area contributed by atoms with Crippen LogP contribution in [0.3, 0.4) is 0 Å². The van der Waals surface area contributed by atoms with Gasteiger partial charge in [-0.15, -0.1) is 0 Å². The molecule has 0 saturated carbocycles. The molecular formula is C25H25BrN2O4. The Labute approximate surface area is 196 Å². The van der Waals surface area contributed by atoms with Gasteiger partial charge < -0.3 is 20.1 Å². The molecule has 0 saturated heterocycles. The molecule has 3 rings (SSSR count). The summed E-state index contributed by atoms with van der Waals surface area (Å²) < 4.78 is 11.2. The van der Waals surface area contributed by atoms with Crippen molar-refractivity contribution in [2.45, 2.75) is 13.0 Å². The van der Waals surface area contributed by atoms with Crippen LogP contribution in [0.4, 0.5) is 5.69 Å². The van der Waals surface area contributed by atoms with Crippen LogP contribution in [-0.2, 0) is 4.74 Å². The number of amides is 2. The van der Waals surface area contributed by atoms with E-state index in [0.29, 0.717) is 40.3 Å². The molecule has 1 atom stereocenters. The van der Waals surface area contributed by atoms with E-state index < -0.39 is 0 Å². The molecule has 0 aliphatic carbocycles. The summed E-state index contributed by atoms with van der Waals surface area (Å²) in [5.74, 6) is 0.0269. The molecular weight excluding hydrogens is 472 g/mol. The topological polar surface area (TPSA) is 76.7 Å². The predicted octanol–water partition coefficient (Wildman–Crippen LogP) is 5.22. The monoisotopic (exact) mass is 496 g/mol. The molecule has 0 aliphatic rings. The van der Waals surface area contributed by atoms with E-state index in [4.69, 9.17) is 9.47 Å². The van der Waals surface area contributed by atoms with Gasteiger partial charge in [0.15, 0.2) is 0 Å². The van der Waals surface area contributed by atoms with Gasteiger partial charge in [0.25, 0.3) is 11.8 Å². The Morgan fingerprint density at radius 1 is 0.938 bits per heavy atom. The van der Waals surface area contributed by atoms with E-state index in [1.165, 1.54) is 0 Å². The maximum absolute atomic E-state index is 12.9. The summed E-state index contributed by atoms with van der Waals surface area (Å²) >= 11 is 3.43. The Morgan fingerprint density at radius 3 is 2.38 bits per heavy atom. The second-order valence-corrected chi connectivity index (χ2v) is 7.95. The largest absolute Gasteiger partial charge is 0.490 e. The molecule has 3 aromatic carbocycles. The van der Waals surface area contributed by atoms with Crippen LogP contribution in [0.25, 0.3) is 0 Å². The van der Waals surface area contributed by atoms with Crippen molar-refractivity contribution in [2.24, 2.45) is 0 Å². The molecule has 7 heteroatoms. The number of hydrogen-bond acceptors (Lipinski definition) is 4. The van der Waals surface area contributed by atoms with E-state index in [0.717, 1.165) is 5.56 Å². The Kier molecular flexibility index (Phi) is 8.41. The number of methoxy groups -OCH3 is 1. The summed E-state index contributed by atoms with van der Waals surface area (Å²) in [6.45, 7) is 2.79. The van der Waals surface area contributed by atoms with Gasteiger partial charge in [0.2, 0.25) is 0 Å². The van der Waals surface area contributed by atoms with Crippen molar-refractivity contribution in [3.05, 3.63) is 94.0 Å². The minimum Gasteiger partial charge on any atom is -0.490 e. The second-order valence-electron chi connectivity index (χ2n) is 7.09. The summed E-state index contributed by atoms with van der Waals surface area (Å²) in [7, 11) is 1.60. The molecule has 166 valence electrons. The van der Waals surface area contributed by atoms with Crippen molar-refractivity contribution in [2.75, 3.05) is 25.6 Å². The molecule has 6 nitrogen and oxygen atoms in total. The first-order valence-electron chi connectivity index (χ1n) is 10.2. The summed E-state index contributed by atoms with van der Waals surface area (Å²) in [5, 5.41) is 5.82. The Balaban J connectivity index is 1.71. The lowest BCUT2D eigenvalue weighted by Gasteiger charge is -2.16. The van der Waals surface area contributed by atoms with Crippen LogP contribution in [0, 0.1) is 0 Å². The first-order chi connectivity index (χ1) is 15.5. The summed E-state index contributed by atoms with van der Waals surface area (Å²) in [6, 6.07) is 21.5. The van der Waals surface area contributed by atoms with E-state index in [1.54, 1.807) is 49.6 Å². The maximum atomic E-state index is 12.9. The molecule has 0 spiro atoms. The van der Waals surface area contributed by atoms with Gasteiger partial charge in [-0.05, 0) is 58.7 Å². The highest BCUT2D eigenvalue weighted by Crippen LogP contribution is 2.27. The van der Waals surface area contributed by atoms with E-state index >= 15 is 0 Å². The zero-order chi connectivity index (χ0) is 22.9. The van der Waals surface area contributed by atoms with E-state index in [-0.39, 0.29) is 17.9 Å². The number of carbonyl (C=O) groups is 2. The second kappa shape index (κ2) is 11.5. The van der Waals surface area contributed by atoms with Gasteiger partial charge >= 0.3 is 0 Å². The number of nitrogens with one attached hydrogen (secondary N) is 2. The summed E-state index contributed by atoms with van der Waals surface area (Å²) in [5.41, 5.74) is 2.26. The lowest BCUT2D eigenvalue weighted by atomic mass is 10.1. The van der Waals surface area contributed by atoms with Gasteiger partial charge in [-0.25, -0.2) is 0 Å². The molecule has 0 bridgehead atoms. The third-order valence-corrected chi connectivity index (χ3v) is 5.43. The van der Waals surface area contributed by atoms with Crippen LogP contribution in [0.2, 0.25) is 0 Å². The number of hydrogen-bond donors (Lipinski definition) is 2. The highest BCUT2D eigenvalue weighted by Gasteiger charge is 2.17. The number of rotatable bonds is 9. The predicted molar refractivity (Wildman–Crippen MR) is 128 cm³/mol. The molecule has 0 radical (unpaired) electrons. The van der Waals surface area contributed by atoms with E-state index in [2.05, 4.69) is 26.6 Å². The van der Waals surface area contributed by atoms with Gasteiger partial charge in [0.1, 0.15) is 12.4 Å². The molecule has 0 aromatic heterocycles. The van der Waals surface area contributed by atoms with Crippen LogP contribution in [0.15, 0.2) is 77.3 Å². The quantitative estimate of drug-likeness (QED) is 0.398. The van der Waals surface area contributed by atoms with Crippen molar-refractivity contribution in [1.29, 1.82) is 0 Å². The minimum absolute atomic E-state index is 0.172. The molecule has 0 fully saturated rings. The van der Waals surface area contributed by atoms with Gasteiger partial charge in [-0.1, -0.05) is 42.5 Å². The van der Waals surface area contributed by atoms with Crippen molar-refractivity contribution in [3.8, 4) is 5.75 Å². The van der Waals surface area contributed by atoms with Crippen LogP contribution in [0.5, 0.6) is 5.75 Å². The van der Waals surface area contributed by atoms with Crippen LogP contribution in [0.1, 0.15) is 39.2 Å². The van der Waals surface area contributed by atoms with Crippen molar-refractivity contribution < 1.29 is 19.1 Å². The molecule has 2 N–H and O–H groups in total.